The van der Waals surface area contributed by atoms with E-state index in [4.69, 9.17) is 0 Å². The quantitative estimate of drug-likeness (QED) is 0.456. The van der Waals surface area contributed by atoms with Crippen molar-refractivity contribution in [2.75, 3.05) is 6.61 Å². The molecule has 0 aromatic rings. The molecule has 0 radical (unpaired) electrons. The van der Waals surface area contributed by atoms with Crippen LogP contribution in [0.2, 0.25) is 0 Å². The second-order valence-corrected chi connectivity index (χ2v) is 2.17. The molecule has 0 rings (SSSR count). The van der Waals surface area contributed by atoms with Crippen LogP contribution >= 0.6 is 8.69 Å². The molecule has 0 N–H and O–H groups in total. The number of hydrogen-bond donors (Lipinski definition) is 0. The third-order valence-electron chi connectivity index (χ3n) is 0.461. The molecule has 0 aliphatic rings. The van der Waals surface area contributed by atoms with Crippen molar-refractivity contribution in [2.24, 2.45) is 5.92 Å². The van der Waals surface area contributed by atoms with Gasteiger partial charge in [0.05, 0.1) is 6.61 Å². The van der Waals surface area contributed by atoms with Gasteiger partial charge in [-0.1, -0.05) is 13.8 Å². The van der Waals surface area contributed by atoms with Crippen molar-refractivity contribution < 1.29 is 9.09 Å². The van der Waals surface area contributed by atoms with Crippen molar-refractivity contribution in [3.05, 3.63) is 0 Å². The van der Waals surface area contributed by atoms with E-state index in [0.29, 0.717) is 12.5 Å². The van der Waals surface area contributed by atoms with Crippen molar-refractivity contribution in [3.8, 4) is 0 Å². The Labute approximate surface area is 81.3 Å². The molecule has 0 unspecified atom stereocenters. The van der Waals surface area contributed by atoms with Crippen molar-refractivity contribution in [2.45, 2.75) is 13.8 Å². The molecule has 0 atom stereocenters. The molecule has 0 aliphatic carbocycles. The van der Waals surface area contributed by atoms with Gasteiger partial charge in [0.25, 0.3) is 0 Å². The van der Waals surface area contributed by atoms with Crippen LogP contribution in [-0.2, 0) is 9.09 Å². The van der Waals surface area contributed by atoms with Crippen LogP contribution in [0.5, 0.6) is 0 Å². The SMILES string of the molecule is CC(C)COP=O.[CaH2]. The van der Waals surface area contributed by atoms with E-state index in [9.17, 15) is 4.57 Å². The van der Waals surface area contributed by atoms with E-state index < -0.39 is 0 Å². The molecule has 0 fully saturated rings. The number of rotatable bonds is 3. The van der Waals surface area contributed by atoms with Crippen LogP contribution < -0.4 is 0 Å². The summed E-state index contributed by atoms with van der Waals surface area (Å²) in [6.45, 7) is 4.58. The fraction of sp³-hybridized carbons (Fsp3) is 1.00. The molecule has 46 valence electrons. The Balaban J connectivity index is 0. The van der Waals surface area contributed by atoms with Gasteiger partial charge in [0.15, 0.2) is 0 Å². The average Bonchev–Trinajstić information content (AvgIpc) is 1.61. The summed E-state index contributed by atoms with van der Waals surface area (Å²) in [5.41, 5.74) is 0. The van der Waals surface area contributed by atoms with Gasteiger partial charge in [-0.3, -0.25) is 4.52 Å². The zero-order valence-corrected chi connectivity index (χ0v) is 5.44. The fourth-order valence-corrected chi connectivity index (χ4v) is 0.539. The molecule has 0 aromatic heterocycles. The van der Waals surface area contributed by atoms with Gasteiger partial charge in [-0.2, -0.15) is 0 Å². The van der Waals surface area contributed by atoms with Crippen LogP contribution in [0.4, 0.5) is 0 Å². The van der Waals surface area contributed by atoms with E-state index in [1.165, 1.54) is 0 Å². The molecule has 0 aliphatic heterocycles. The normalized spacial score (nSPS) is 9.38. The summed E-state index contributed by atoms with van der Waals surface area (Å²) in [6.07, 6.45) is 0. The molecule has 2 nitrogen and oxygen atoms in total. The first-order valence-corrected chi connectivity index (χ1v) is 2.95. The topological polar surface area (TPSA) is 26.3 Å². The Hall–Kier alpha value is 1.32. The molecular formula is C4H11CaO2P. The van der Waals surface area contributed by atoms with Gasteiger partial charge in [-0.15, -0.1) is 0 Å². The monoisotopic (exact) mass is 162 g/mol. The van der Waals surface area contributed by atoms with Crippen LogP contribution in [0.15, 0.2) is 0 Å². The summed E-state index contributed by atoms with van der Waals surface area (Å²) in [6, 6.07) is 0. The maximum absolute atomic E-state index is 9.58. The first-order valence-electron chi connectivity index (χ1n) is 2.22. The fourth-order valence-electron chi connectivity index (χ4n) is 0.180. The summed E-state index contributed by atoms with van der Waals surface area (Å²) >= 11 is 0. The molecule has 8 heavy (non-hydrogen) atoms. The Morgan fingerprint density at radius 3 is 2.25 bits per heavy atom. The van der Waals surface area contributed by atoms with Crippen molar-refractivity contribution in [3.63, 3.8) is 0 Å². The summed E-state index contributed by atoms with van der Waals surface area (Å²) in [5, 5.41) is 0. The van der Waals surface area contributed by atoms with Gasteiger partial charge in [0.1, 0.15) is 0 Å². The zero-order chi connectivity index (χ0) is 5.70. The van der Waals surface area contributed by atoms with Gasteiger partial charge in [-0.25, -0.2) is 4.57 Å². The van der Waals surface area contributed by atoms with E-state index >= 15 is 0 Å². The molecular weight excluding hydrogens is 151 g/mol. The van der Waals surface area contributed by atoms with Crippen LogP contribution in [-0.4, -0.2) is 44.3 Å². The molecule has 0 spiro atoms. The maximum atomic E-state index is 9.58. The third-order valence-corrected chi connectivity index (χ3v) is 0.715. The second-order valence-electron chi connectivity index (χ2n) is 1.76. The van der Waals surface area contributed by atoms with Gasteiger partial charge in [0, 0.05) is 0 Å². The minimum atomic E-state index is -0.210. The second kappa shape index (κ2) is 8.32. The van der Waals surface area contributed by atoms with Gasteiger partial charge < -0.3 is 0 Å². The first-order chi connectivity index (χ1) is 3.27. The third kappa shape index (κ3) is 10.3. The van der Waals surface area contributed by atoms with E-state index in [1.807, 2.05) is 13.8 Å². The Morgan fingerprint density at radius 2 is 2.12 bits per heavy atom. The standard InChI is InChI=1S/C4H9O2P.Ca.2H/c1-4(2)3-6-7-5;;;/h4H,3H2,1-2H3;;;. The van der Waals surface area contributed by atoms with Crippen molar-refractivity contribution in [1.29, 1.82) is 0 Å². The van der Waals surface area contributed by atoms with Crippen LogP contribution in [0.1, 0.15) is 13.8 Å². The van der Waals surface area contributed by atoms with Gasteiger partial charge >= 0.3 is 46.4 Å². The van der Waals surface area contributed by atoms with Crippen LogP contribution in [0, 0.1) is 5.92 Å². The van der Waals surface area contributed by atoms with Crippen molar-refractivity contribution in [1.82, 2.24) is 0 Å². The summed E-state index contributed by atoms with van der Waals surface area (Å²) in [7, 11) is -0.210. The van der Waals surface area contributed by atoms with E-state index in [2.05, 4.69) is 4.52 Å². The Morgan fingerprint density at radius 1 is 1.62 bits per heavy atom. The predicted molar refractivity (Wildman–Crippen MR) is 36.9 cm³/mol. The molecule has 4 heteroatoms. The summed E-state index contributed by atoms with van der Waals surface area (Å²) in [4.78, 5) is 0. The van der Waals surface area contributed by atoms with Crippen LogP contribution in [0.25, 0.3) is 0 Å². The van der Waals surface area contributed by atoms with Gasteiger partial charge in [-0.05, 0) is 5.92 Å². The van der Waals surface area contributed by atoms with Crippen molar-refractivity contribution >= 4 is 46.4 Å². The Bertz CT molecular complexity index is 58.0. The first kappa shape index (κ1) is 12.0. The Kier molecular flexibility index (Phi) is 12.5. The predicted octanol–water partition coefficient (Wildman–Crippen LogP) is 0.949. The van der Waals surface area contributed by atoms with E-state index in [-0.39, 0.29) is 46.4 Å². The minimum absolute atomic E-state index is 0. The molecule has 0 bridgehead atoms. The zero-order valence-electron chi connectivity index (χ0n) is 4.55. The van der Waals surface area contributed by atoms with Crippen LogP contribution in [0.3, 0.4) is 0 Å². The molecule has 0 amide bonds. The summed E-state index contributed by atoms with van der Waals surface area (Å²) in [5.74, 6) is 0.474. The molecule has 0 saturated heterocycles. The summed E-state index contributed by atoms with van der Waals surface area (Å²) < 4.78 is 14.1. The molecule has 0 aromatic carbocycles. The molecule has 0 saturated carbocycles. The number of hydrogen-bond acceptors (Lipinski definition) is 2. The van der Waals surface area contributed by atoms with Gasteiger partial charge in [0.2, 0.25) is 0 Å². The van der Waals surface area contributed by atoms with E-state index in [0.717, 1.165) is 0 Å². The molecule has 0 heterocycles. The van der Waals surface area contributed by atoms with E-state index in [1.54, 1.807) is 0 Å². The average molecular weight is 162 g/mol.